The summed E-state index contributed by atoms with van der Waals surface area (Å²) >= 11 is 0. The van der Waals surface area contributed by atoms with Crippen molar-refractivity contribution in [2.45, 2.75) is 25.5 Å². The summed E-state index contributed by atoms with van der Waals surface area (Å²) in [5.74, 6) is 1.46. The molecule has 0 aromatic carbocycles. The maximum atomic E-state index is 6.00. The van der Waals surface area contributed by atoms with E-state index >= 15 is 0 Å². The smallest absolute Gasteiger partial charge is 0.213 e. The highest BCUT2D eigenvalue weighted by Gasteiger charge is 2.35. The van der Waals surface area contributed by atoms with E-state index in [9.17, 15) is 0 Å². The van der Waals surface area contributed by atoms with Crippen LogP contribution in [0.5, 0.6) is 5.88 Å². The number of hydrogen-bond donors (Lipinski definition) is 1. The third-order valence-corrected chi connectivity index (χ3v) is 3.90. The van der Waals surface area contributed by atoms with E-state index in [0.29, 0.717) is 12.6 Å². The summed E-state index contributed by atoms with van der Waals surface area (Å²) < 4.78 is 6.00. The Hall–Kier alpha value is -1.13. The first-order valence-electron chi connectivity index (χ1n) is 6.39. The summed E-state index contributed by atoms with van der Waals surface area (Å²) in [6, 6.07) is 3.92. The number of ether oxygens (including phenoxy) is 1. The van der Waals surface area contributed by atoms with Crippen molar-refractivity contribution < 1.29 is 4.74 Å². The van der Waals surface area contributed by atoms with Crippen molar-refractivity contribution >= 4 is 0 Å². The predicted octanol–water partition coefficient (Wildman–Crippen LogP) is 1.01. The number of piperidine rings is 3. The van der Waals surface area contributed by atoms with Crippen molar-refractivity contribution in [2.24, 2.45) is 11.7 Å². The van der Waals surface area contributed by atoms with Gasteiger partial charge in [0.05, 0.1) is 0 Å². The molecule has 3 aliphatic heterocycles. The first-order valence-corrected chi connectivity index (χ1v) is 6.39. The Labute approximate surface area is 102 Å². The van der Waals surface area contributed by atoms with E-state index in [0.717, 1.165) is 23.9 Å². The summed E-state index contributed by atoms with van der Waals surface area (Å²) in [5, 5.41) is 0. The van der Waals surface area contributed by atoms with Crippen LogP contribution in [0.25, 0.3) is 0 Å². The molecule has 0 amide bonds. The molecule has 1 aromatic rings. The fourth-order valence-electron chi connectivity index (χ4n) is 2.80. The molecule has 2 bridgehead atoms. The van der Waals surface area contributed by atoms with Crippen molar-refractivity contribution in [3.63, 3.8) is 0 Å². The van der Waals surface area contributed by atoms with Crippen LogP contribution in [-0.2, 0) is 6.54 Å². The van der Waals surface area contributed by atoms with Gasteiger partial charge in [0.15, 0.2) is 0 Å². The monoisotopic (exact) mass is 233 g/mol. The van der Waals surface area contributed by atoms with Crippen LogP contribution in [0.2, 0.25) is 0 Å². The van der Waals surface area contributed by atoms with Crippen LogP contribution >= 0.6 is 0 Å². The van der Waals surface area contributed by atoms with Crippen LogP contribution in [0, 0.1) is 5.92 Å². The van der Waals surface area contributed by atoms with Crippen LogP contribution < -0.4 is 10.5 Å². The van der Waals surface area contributed by atoms with Crippen LogP contribution in [0.4, 0.5) is 0 Å². The largest absolute Gasteiger partial charge is 0.473 e. The van der Waals surface area contributed by atoms with Crippen molar-refractivity contribution in [3.05, 3.63) is 23.9 Å². The highest BCUT2D eigenvalue weighted by atomic mass is 16.5. The zero-order chi connectivity index (χ0) is 11.7. The van der Waals surface area contributed by atoms with E-state index in [4.69, 9.17) is 10.5 Å². The minimum Gasteiger partial charge on any atom is -0.473 e. The summed E-state index contributed by atoms with van der Waals surface area (Å²) in [7, 11) is 0. The van der Waals surface area contributed by atoms with Crippen molar-refractivity contribution in [2.75, 3.05) is 19.6 Å². The second kappa shape index (κ2) is 4.63. The molecule has 2 N–H and O–H groups in total. The van der Waals surface area contributed by atoms with Crippen LogP contribution in [-0.4, -0.2) is 35.6 Å². The third-order valence-electron chi connectivity index (χ3n) is 3.90. The maximum absolute atomic E-state index is 6.00. The summed E-state index contributed by atoms with van der Waals surface area (Å²) in [6.45, 7) is 4.08. The van der Waals surface area contributed by atoms with Crippen LogP contribution in [0.15, 0.2) is 18.3 Å². The molecule has 0 radical (unpaired) electrons. The molecular weight excluding hydrogens is 214 g/mol. The Morgan fingerprint density at radius 1 is 1.35 bits per heavy atom. The normalized spacial score (nSPS) is 31.5. The standard InChI is InChI=1S/C13H19N3O/c14-7-10-1-2-13(15-8-10)17-12-9-16-5-3-11(12)4-6-16/h1-2,8,11-12H,3-7,9,14H2. The van der Waals surface area contributed by atoms with Gasteiger partial charge in [0.2, 0.25) is 5.88 Å². The van der Waals surface area contributed by atoms with Gasteiger partial charge in [-0.15, -0.1) is 0 Å². The van der Waals surface area contributed by atoms with Gasteiger partial charge < -0.3 is 10.5 Å². The van der Waals surface area contributed by atoms with Crippen molar-refractivity contribution in [3.8, 4) is 5.88 Å². The molecule has 0 spiro atoms. The summed E-state index contributed by atoms with van der Waals surface area (Å²) in [5.41, 5.74) is 6.59. The molecule has 1 atom stereocenters. The summed E-state index contributed by atoms with van der Waals surface area (Å²) in [6.07, 6.45) is 4.67. The minimum absolute atomic E-state index is 0.328. The van der Waals surface area contributed by atoms with Crippen molar-refractivity contribution in [1.29, 1.82) is 0 Å². The van der Waals surface area contributed by atoms with Gasteiger partial charge in [-0.1, -0.05) is 6.07 Å². The second-order valence-electron chi connectivity index (χ2n) is 5.00. The highest BCUT2D eigenvalue weighted by Crippen LogP contribution is 2.30. The molecule has 1 unspecified atom stereocenters. The Balaban J connectivity index is 1.66. The number of nitrogens with zero attached hydrogens (tertiary/aromatic N) is 2. The Bertz CT molecular complexity index is 371. The molecule has 3 saturated heterocycles. The lowest BCUT2D eigenvalue weighted by Gasteiger charge is -2.44. The molecule has 3 fully saturated rings. The number of hydrogen-bond acceptors (Lipinski definition) is 4. The third kappa shape index (κ3) is 2.28. The molecule has 4 nitrogen and oxygen atoms in total. The lowest BCUT2D eigenvalue weighted by atomic mass is 9.86. The molecule has 3 aliphatic rings. The van der Waals surface area contributed by atoms with Gasteiger partial charge >= 0.3 is 0 Å². The molecule has 92 valence electrons. The molecule has 4 heterocycles. The fraction of sp³-hybridized carbons (Fsp3) is 0.615. The molecular formula is C13H19N3O. The first kappa shape index (κ1) is 11.0. The minimum atomic E-state index is 0.328. The Kier molecular flexibility index (Phi) is 2.99. The van der Waals surface area contributed by atoms with E-state index in [1.165, 1.54) is 25.9 Å². The van der Waals surface area contributed by atoms with Gasteiger partial charge in [-0.25, -0.2) is 4.98 Å². The van der Waals surface area contributed by atoms with Gasteiger partial charge in [-0.05, 0) is 37.4 Å². The number of pyridine rings is 1. The average molecular weight is 233 g/mol. The number of aromatic nitrogens is 1. The number of nitrogens with two attached hydrogens (primary N) is 1. The van der Waals surface area contributed by atoms with E-state index in [1.807, 2.05) is 12.1 Å². The Morgan fingerprint density at radius 3 is 2.71 bits per heavy atom. The lowest BCUT2D eigenvalue weighted by molar-refractivity contribution is -0.00994. The molecule has 0 saturated carbocycles. The van der Waals surface area contributed by atoms with E-state index in [2.05, 4.69) is 9.88 Å². The predicted molar refractivity (Wildman–Crippen MR) is 65.7 cm³/mol. The number of fused-ring (bicyclic) bond motifs is 3. The SMILES string of the molecule is NCc1ccc(OC2CN3CCC2CC3)nc1. The van der Waals surface area contributed by atoms with Gasteiger partial charge in [-0.2, -0.15) is 0 Å². The fourth-order valence-corrected chi connectivity index (χ4v) is 2.80. The van der Waals surface area contributed by atoms with Gasteiger partial charge in [0.1, 0.15) is 6.10 Å². The van der Waals surface area contributed by atoms with E-state index < -0.39 is 0 Å². The molecule has 17 heavy (non-hydrogen) atoms. The topological polar surface area (TPSA) is 51.4 Å². The molecule has 0 aliphatic carbocycles. The lowest BCUT2D eigenvalue weighted by Crippen LogP contribution is -2.52. The number of rotatable bonds is 3. The first-order chi connectivity index (χ1) is 8.35. The van der Waals surface area contributed by atoms with Gasteiger partial charge in [-0.3, -0.25) is 4.90 Å². The van der Waals surface area contributed by atoms with Crippen molar-refractivity contribution in [1.82, 2.24) is 9.88 Å². The maximum Gasteiger partial charge on any atom is 0.213 e. The Morgan fingerprint density at radius 2 is 2.18 bits per heavy atom. The zero-order valence-corrected chi connectivity index (χ0v) is 10.0. The van der Waals surface area contributed by atoms with Gasteiger partial charge in [0, 0.05) is 25.4 Å². The average Bonchev–Trinajstić information content (AvgIpc) is 2.41. The van der Waals surface area contributed by atoms with Gasteiger partial charge in [0.25, 0.3) is 0 Å². The highest BCUT2D eigenvalue weighted by molar-refractivity contribution is 5.18. The zero-order valence-electron chi connectivity index (χ0n) is 10.0. The molecule has 4 rings (SSSR count). The molecule has 4 heteroatoms. The van der Waals surface area contributed by atoms with E-state index in [-0.39, 0.29) is 0 Å². The molecule has 1 aromatic heterocycles. The van der Waals surface area contributed by atoms with Crippen LogP contribution in [0.1, 0.15) is 18.4 Å². The quantitative estimate of drug-likeness (QED) is 0.846. The van der Waals surface area contributed by atoms with Crippen LogP contribution in [0.3, 0.4) is 0 Å². The summed E-state index contributed by atoms with van der Waals surface area (Å²) in [4.78, 5) is 6.79. The second-order valence-corrected chi connectivity index (χ2v) is 5.00. The van der Waals surface area contributed by atoms with E-state index in [1.54, 1.807) is 6.20 Å².